The van der Waals surface area contributed by atoms with Crippen LogP contribution in [0.25, 0.3) is 0 Å². The average molecular weight is 371 g/mol. The molecule has 1 aromatic rings. The lowest BCUT2D eigenvalue weighted by Crippen LogP contribution is -2.51. The zero-order chi connectivity index (χ0) is 17.7. The van der Waals surface area contributed by atoms with E-state index in [0.29, 0.717) is 31.1 Å². The van der Waals surface area contributed by atoms with E-state index < -0.39 is 10.0 Å². The van der Waals surface area contributed by atoms with E-state index in [1.807, 2.05) is 32.2 Å². The van der Waals surface area contributed by atoms with Gasteiger partial charge >= 0.3 is 0 Å². The fraction of sp³-hybridized carbons (Fsp3) is 0.588. The lowest BCUT2D eigenvalue weighted by molar-refractivity contribution is -0.136. The third-order valence-electron chi connectivity index (χ3n) is 4.58. The Kier molecular flexibility index (Phi) is 6.71. The monoisotopic (exact) mass is 370 g/mol. The van der Waals surface area contributed by atoms with Gasteiger partial charge in [0, 0.05) is 37.0 Å². The smallest absolute Gasteiger partial charge is 0.243 e. The molecule has 1 heterocycles. The molecule has 0 atom stereocenters. The molecule has 1 aromatic carbocycles. The lowest BCUT2D eigenvalue weighted by Gasteiger charge is -2.35. The summed E-state index contributed by atoms with van der Waals surface area (Å²) < 4.78 is 26.9. The normalized spacial score (nSPS) is 16.6. The molecule has 0 aliphatic carbocycles. The van der Waals surface area contributed by atoms with Gasteiger partial charge in [-0.3, -0.25) is 4.79 Å². The molecule has 1 aliphatic heterocycles. The molecule has 24 heavy (non-hydrogen) atoms. The van der Waals surface area contributed by atoms with Gasteiger partial charge in [-0.05, 0) is 43.4 Å². The quantitative estimate of drug-likeness (QED) is 0.723. The Labute approximate surface area is 149 Å². The van der Waals surface area contributed by atoms with Crippen molar-refractivity contribution < 1.29 is 13.2 Å². The van der Waals surface area contributed by atoms with Gasteiger partial charge in [0.05, 0.1) is 4.90 Å². The number of hydrogen-bond acceptors (Lipinski definition) is 4. The lowest BCUT2D eigenvalue weighted by atomic mass is 10.0. The van der Waals surface area contributed by atoms with Crippen molar-refractivity contribution in [2.24, 2.45) is 5.92 Å². The van der Waals surface area contributed by atoms with E-state index in [1.165, 1.54) is 4.31 Å². The summed E-state index contributed by atoms with van der Waals surface area (Å²) in [7, 11) is -3.48. The summed E-state index contributed by atoms with van der Waals surface area (Å²) in [6, 6.07) is 6.96. The molecule has 5 nitrogen and oxygen atoms in total. The molecule has 1 amide bonds. The number of piperazine rings is 1. The number of rotatable bonds is 6. The van der Waals surface area contributed by atoms with Crippen molar-refractivity contribution in [2.75, 3.05) is 32.4 Å². The Balaban J connectivity index is 2.03. The molecule has 0 spiro atoms. The van der Waals surface area contributed by atoms with Crippen LogP contribution in [0.2, 0.25) is 0 Å². The van der Waals surface area contributed by atoms with Crippen molar-refractivity contribution in [1.82, 2.24) is 9.21 Å². The highest BCUT2D eigenvalue weighted by atomic mass is 32.2. The minimum absolute atomic E-state index is 0.0484. The maximum Gasteiger partial charge on any atom is 0.243 e. The molecule has 2 rings (SSSR count). The number of benzene rings is 1. The van der Waals surface area contributed by atoms with Crippen molar-refractivity contribution in [3.05, 3.63) is 24.3 Å². The summed E-state index contributed by atoms with van der Waals surface area (Å²) in [5.74, 6) is 0.202. The Morgan fingerprint density at radius 3 is 2.08 bits per heavy atom. The minimum atomic E-state index is -3.48. The van der Waals surface area contributed by atoms with Gasteiger partial charge in [-0.2, -0.15) is 4.31 Å². The summed E-state index contributed by atoms with van der Waals surface area (Å²) in [4.78, 5) is 15.6. The van der Waals surface area contributed by atoms with Crippen LogP contribution in [0.5, 0.6) is 0 Å². The van der Waals surface area contributed by atoms with E-state index in [-0.39, 0.29) is 11.8 Å². The van der Waals surface area contributed by atoms with Crippen LogP contribution in [-0.2, 0) is 14.8 Å². The van der Waals surface area contributed by atoms with E-state index in [9.17, 15) is 13.2 Å². The summed E-state index contributed by atoms with van der Waals surface area (Å²) in [5.41, 5.74) is 0. The largest absolute Gasteiger partial charge is 0.340 e. The Morgan fingerprint density at radius 1 is 1.08 bits per heavy atom. The molecule has 0 aromatic heterocycles. The van der Waals surface area contributed by atoms with Gasteiger partial charge in [-0.1, -0.05) is 13.8 Å². The van der Waals surface area contributed by atoms with E-state index in [2.05, 4.69) is 0 Å². The third-order valence-corrected chi connectivity index (χ3v) is 7.24. The minimum Gasteiger partial charge on any atom is -0.340 e. The highest BCUT2D eigenvalue weighted by Crippen LogP contribution is 2.22. The maximum atomic E-state index is 12.7. The van der Waals surface area contributed by atoms with Gasteiger partial charge in [-0.25, -0.2) is 8.42 Å². The predicted molar refractivity (Wildman–Crippen MR) is 97.6 cm³/mol. The molecule has 1 aliphatic rings. The number of sulfonamides is 1. The highest BCUT2D eigenvalue weighted by Gasteiger charge is 2.31. The van der Waals surface area contributed by atoms with Crippen molar-refractivity contribution >= 4 is 27.7 Å². The highest BCUT2D eigenvalue weighted by molar-refractivity contribution is 7.98. The van der Waals surface area contributed by atoms with E-state index in [4.69, 9.17) is 0 Å². The second-order valence-corrected chi connectivity index (χ2v) is 8.74. The number of nitrogens with zero attached hydrogens (tertiary/aromatic N) is 2. The first-order valence-electron chi connectivity index (χ1n) is 8.37. The van der Waals surface area contributed by atoms with Crippen LogP contribution in [0.4, 0.5) is 0 Å². The molecule has 134 valence electrons. The van der Waals surface area contributed by atoms with E-state index >= 15 is 0 Å². The number of amides is 1. The molecule has 0 saturated carbocycles. The zero-order valence-electron chi connectivity index (χ0n) is 14.6. The molecule has 0 N–H and O–H groups in total. The van der Waals surface area contributed by atoms with Crippen LogP contribution in [0.1, 0.15) is 26.7 Å². The molecule has 0 radical (unpaired) electrons. The van der Waals surface area contributed by atoms with Gasteiger partial charge in [0.25, 0.3) is 0 Å². The SMILES string of the molecule is CCC(CC)C(=O)N1CCN(S(=O)(=O)c2ccc(SC)cc2)CC1. The number of thioether (sulfide) groups is 1. The summed E-state index contributed by atoms with van der Waals surface area (Å²) >= 11 is 1.58. The van der Waals surface area contributed by atoms with Crippen molar-refractivity contribution in [3.63, 3.8) is 0 Å². The van der Waals surface area contributed by atoms with Gasteiger partial charge in [0.15, 0.2) is 0 Å². The molecule has 0 bridgehead atoms. The van der Waals surface area contributed by atoms with Crippen LogP contribution < -0.4 is 0 Å². The Bertz CT molecular complexity index is 647. The maximum absolute atomic E-state index is 12.7. The van der Waals surface area contributed by atoms with E-state index in [0.717, 1.165) is 17.7 Å². The predicted octanol–water partition coefficient (Wildman–Crippen LogP) is 2.68. The second-order valence-electron chi connectivity index (χ2n) is 5.92. The van der Waals surface area contributed by atoms with Crippen LogP contribution in [-0.4, -0.2) is 56.0 Å². The first kappa shape index (κ1) is 19.3. The van der Waals surface area contributed by atoms with Crippen LogP contribution in [0.3, 0.4) is 0 Å². The third kappa shape index (κ3) is 4.13. The first-order chi connectivity index (χ1) is 11.4. The number of carbonyl (C=O) groups excluding carboxylic acids is 1. The summed E-state index contributed by atoms with van der Waals surface area (Å²) in [6.07, 6.45) is 3.62. The van der Waals surface area contributed by atoms with Crippen LogP contribution in [0.15, 0.2) is 34.1 Å². The summed E-state index contributed by atoms with van der Waals surface area (Å²) in [5, 5.41) is 0. The zero-order valence-corrected chi connectivity index (χ0v) is 16.2. The summed E-state index contributed by atoms with van der Waals surface area (Å²) in [6.45, 7) is 5.70. The van der Waals surface area contributed by atoms with Gasteiger partial charge in [0.1, 0.15) is 0 Å². The topological polar surface area (TPSA) is 57.7 Å². The number of hydrogen-bond donors (Lipinski definition) is 0. The molecule has 7 heteroatoms. The van der Waals surface area contributed by atoms with Crippen LogP contribution >= 0.6 is 11.8 Å². The first-order valence-corrected chi connectivity index (χ1v) is 11.0. The fourth-order valence-corrected chi connectivity index (χ4v) is 4.77. The Hall–Kier alpha value is -1.05. The molecule has 0 unspecified atom stereocenters. The second kappa shape index (κ2) is 8.36. The fourth-order valence-electron chi connectivity index (χ4n) is 2.94. The molecular formula is C17H26N2O3S2. The van der Waals surface area contributed by atoms with Gasteiger partial charge < -0.3 is 4.90 Å². The number of carbonyl (C=O) groups is 1. The van der Waals surface area contributed by atoms with Crippen LogP contribution in [0, 0.1) is 5.92 Å². The van der Waals surface area contributed by atoms with Gasteiger partial charge in [0.2, 0.25) is 15.9 Å². The molecular weight excluding hydrogens is 344 g/mol. The Morgan fingerprint density at radius 2 is 1.62 bits per heavy atom. The van der Waals surface area contributed by atoms with Crippen molar-refractivity contribution in [2.45, 2.75) is 36.5 Å². The van der Waals surface area contributed by atoms with E-state index in [1.54, 1.807) is 28.8 Å². The van der Waals surface area contributed by atoms with Crippen molar-refractivity contribution in [1.29, 1.82) is 0 Å². The molecule has 1 fully saturated rings. The van der Waals surface area contributed by atoms with Crippen molar-refractivity contribution in [3.8, 4) is 0 Å². The van der Waals surface area contributed by atoms with Gasteiger partial charge in [-0.15, -0.1) is 11.8 Å². The standard InChI is InChI=1S/C17H26N2O3S2/c1-4-14(5-2)17(20)18-10-12-19(13-11-18)24(21,22)16-8-6-15(23-3)7-9-16/h6-9,14H,4-5,10-13H2,1-3H3. The average Bonchev–Trinajstić information content (AvgIpc) is 2.62. The molecule has 1 saturated heterocycles.